The van der Waals surface area contributed by atoms with Gasteiger partial charge in [0.05, 0.1) is 12.2 Å². The van der Waals surface area contributed by atoms with Crippen molar-refractivity contribution >= 4 is 39.9 Å². The van der Waals surface area contributed by atoms with Crippen molar-refractivity contribution in [3.8, 4) is 0 Å². The Morgan fingerprint density at radius 3 is 2.71 bits per heavy atom. The second kappa shape index (κ2) is 6.68. The zero-order valence-electron chi connectivity index (χ0n) is 10.2. The van der Waals surface area contributed by atoms with E-state index in [-0.39, 0.29) is 5.91 Å². The molecule has 0 heterocycles. The van der Waals surface area contributed by atoms with Gasteiger partial charge in [0.25, 0.3) is 0 Å². The smallest absolute Gasteiger partial charge is 0.239 e. The molecule has 0 aliphatic carbocycles. The molecule has 17 heavy (non-hydrogen) atoms. The van der Waals surface area contributed by atoms with Crippen molar-refractivity contribution in [1.82, 2.24) is 5.32 Å². The normalized spacial score (nSPS) is 10.1. The van der Waals surface area contributed by atoms with Crippen LogP contribution in [0.5, 0.6) is 0 Å². The van der Waals surface area contributed by atoms with E-state index in [1.165, 1.54) is 0 Å². The largest absolute Gasteiger partial charge is 0.399 e. The molecule has 0 saturated carbocycles. The lowest BCUT2D eigenvalue weighted by Gasteiger charge is -2.23. The summed E-state index contributed by atoms with van der Waals surface area (Å²) in [6.45, 7) is 5.78. The van der Waals surface area contributed by atoms with Crippen LogP contribution in [0.3, 0.4) is 0 Å². The van der Waals surface area contributed by atoms with Gasteiger partial charge in [0.1, 0.15) is 0 Å². The van der Waals surface area contributed by atoms with Gasteiger partial charge in [-0.05, 0) is 54.6 Å². The summed E-state index contributed by atoms with van der Waals surface area (Å²) >= 11 is 2.24. The SMILES string of the molecule is CCNC(=O)CN(CC)c1ccc(N)cc1I. The molecule has 0 aromatic heterocycles. The van der Waals surface area contributed by atoms with E-state index in [0.29, 0.717) is 13.1 Å². The minimum Gasteiger partial charge on any atom is -0.399 e. The summed E-state index contributed by atoms with van der Waals surface area (Å²) < 4.78 is 1.06. The van der Waals surface area contributed by atoms with Gasteiger partial charge in [0, 0.05) is 22.3 Å². The number of hydrogen-bond acceptors (Lipinski definition) is 3. The second-order valence-corrected chi connectivity index (χ2v) is 4.84. The number of rotatable bonds is 5. The van der Waals surface area contributed by atoms with E-state index in [1.54, 1.807) is 0 Å². The van der Waals surface area contributed by atoms with Gasteiger partial charge in [0.15, 0.2) is 0 Å². The van der Waals surface area contributed by atoms with Gasteiger partial charge in [-0.1, -0.05) is 0 Å². The molecule has 0 bridgehead atoms. The van der Waals surface area contributed by atoms with Crippen LogP contribution in [-0.4, -0.2) is 25.5 Å². The first-order valence-corrected chi connectivity index (χ1v) is 6.73. The Balaban J connectivity index is 2.82. The Bertz CT molecular complexity index is 395. The summed E-state index contributed by atoms with van der Waals surface area (Å²) in [7, 11) is 0. The maximum Gasteiger partial charge on any atom is 0.239 e. The van der Waals surface area contributed by atoms with Crippen molar-refractivity contribution in [2.24, 2.45) is 0 Å². The molecule has 0 radical (unpaired) electrons. The molecule has 3 N–H and O–H groups in total. The fraction of sp³-hybridized carbons (Fsp3) is 0.417. The summed E-state index contributed by atoms with van der Waals surface area (Å²) in [4.78, 5) is 13.6. The highest BCUT2D eigenvalue weighted by molar-refractivity contribution is 14.1. The number of nitrogens with two attached hydrogens (primary N) is 1. The maximum absolute atomic E-state index is 11.6. The molecule has 0 fully saturated rings. The average Bonchev–Trinajstić information content (AvgIpc) is 2.27. The standard InChI is InChI=1S/C12H18IN3O/c1-3-15-12(17)8-16(4-2)11-6-5-9(14)7-10(11)13/h5-7H,3-4,8,14H2,1-2H3,(H,15,17). The Hall–Kier alpha value is -0.980. The van der Waals surface area contributed by atoms with Gasteiger partial charge in [-0.3, -0.25) is 4.79 Å². The zero-order valence-corrected chi connectivity index (χ0v) is 12.3. The van der Waals surface area contributed by atoms with Crippen LogP contribution in [0.25, 0.3) is 0 Å². The fourth-order valence-corrected chi connectivity index (χ4v) is 2.45. The van der Waals surface area contributed by atoms with E-state index in [0.717, 1.165) is 21.5 Å². The Labute approximate surface area is 116 Å². The average molecular weight is 347 g/mol. The molecule has 1 aromatic carbocycles. The van der Waals surface area contributed by atoms with Gasteiger partial charge in [-0.25, -0.2) is 0 Å². The number of anilines is 2. The molecule has 0 saturated heterocycles. The fourth-order valence-electron chi connectivity index (χ4n) is 1.57. The van der Waals surface area contributed by atoms with E-state index in [9.17, 15) is 4.79 Å². The Morgan fingerprint density at radius 1 is 1.47 bits per heavy atom. The third-order valence-corrected chi connectivity index (χ3v) is 3.27. The number of amides is 1. The van der Waals surface area contributed by atoms with Crippen LogP contribution >= 0.6 is 22.6 Å². The molecule has 0 aliphatic heterocycles. The van der Waals surface area contributed by atoms with Crippen LogP contribution in [0.1, 0.15) is 13.8 Å². The van der Waals surface area contributed by atoms with Crippen LogP contribution in [-0.2, 0) is 4.79 Å². The molecule has 0 unspecified atom stereocenters. The van der Waals surface area contributed by atoms with Crippen molar-refractivity contribution in [2.75, 3.05) is 30.3 Å². The van der Waals surface area contributed by atoms with Gasteiger partial charge in [-0.15, -0.1) is 0 Å². The van der Waals surface area contributed by atoms with Gasteiger partial charge in [-0.2, -0.15) is 0 Å². The number of carbonyl (C=O) groups is 1. The number of benzene rings is 1. The van der Waals surface area contributed by atoms with E-state index < -0.39 is 0 Å². The van der Waals surface area contributed by atoms with Crippen LogP contribution in [0, 0.1) is 3.57 Å². The summed E-state index contributed by atoms with van der Waals surface area (Å²) in [6, 6.07) is 5.73. The Morgan fingerprint density at radius 2 is 2.18 bits per heavy atom. The van der Waals surface area contributed by atoms with Crippen LogP contribution in [0.15, 0.2) is 18.2 Å². The number of nitrogen functional groups attached to an aromatic ring is 1. The van der Waals surface area contributed by atoms with E-state index in [1.807, 2.05) is 36.9 Å². The van der Waals surface area contributed by atoms with Crippen molar-refractivity contribution in [3.05, 3.63) is 21.8 Å². The summed E-state index contributed by atoms with van der Waals surface area (Å²) in [5, 5.41) is 2.80. The molecule has 5 heteroatoms. The lowest BCUT2D eigenvalue weighted by Crippen LogP contribution is -2.37. The van der Waals surface area contributed by atoms with Gasteiger partial charge < -0.3 is 16.0 Å². The van der Waals surface area contributed by atoms with Gasteiger partial charge >= 0.3 is 0 Å². The van der Waals surface area contributed by atoms with Crippen molar-refractivity contribution in [2.45, 2.75) is 13.8 Å². The van der Waals surface area contributed by atoms with Crippen LogP contribution in [0.4, 0.5) is 11.4 Å². The number of halogens is 1. The summed E-state index contributed by atoms with van der Waals surface area (Å²) in [6.07, 6.45) is 0. The van der Waals surface area contributed by atoms with Crippen molar-refractivity contribution in [3.63, 3.8) is 0 Å². The first-order chi connectivity index (χ1) is 8.08. The molecule has 4 nitrogen and oxygen atoms in total. The number of nitrogens with zero attached hydrogens (tertiary/aromatic N) is 1. The highest BCUT2D eigenvalue weighted by Crippen LogP contribution is 2.24. The lowest BCUT2D eigenvalue weighted by atomic mass is 10.2. The first kappa shape index (κ1) is 14.1. The quantitative estimate of drug-likeness (QED) is 0.631. The molecule has 0 atom stereocenters. The van der Waals surface area contributed by atoms with Gasteiger partial charge in [0.2, 0.25) is 5.91 Å². The second-order valence-electron chi connectivity index (χ2n) is 3.68. The van der Waals surface area contributed by atoms with Crippen molar-refractivity contribution < 1.29 is 4.79 Å². The predicted octanol–water partition coefficient (Wildman–Crippen LogP) is 1.84. The molecule has 1 aromatic rings. The monoisotopic (exact) mass is 347 g/mol. The molecular weight excluding hydrogens is 329 g/mol. The number of likely N-dealkylation sites (N-methyl/N-ethyl adjacent to an activating group) is 2. The van der Waals surface area contributed by atoms with E-state index in [4.69, 9.17) is 5.73 Å². The summed E-state index contributed by atoms with van der Waals surface area (Å²) in [5.41, 5.74) is 7.51. The molecule has 1 amide bonds. The number of nitrogens with one attached hydrogen (secondary N) is 1. The third-order valence-electron chi connectivity index (χ3n) is 2.40. The number of carbonyl (C=O) groups excluding carboxylic acids is 1. The highest BCUT2D eigenvalue weighted by atomic mass is 127. The molecule has 94 valence electrons. The predicted molar refractivity (Wildman–Crippen MR) is 80.1 cm³/mol. The minimum atomic E-state index is 0.0435. The topological polar surface area (TPSA) is 58.4 Å². The molecule has 1 rings (SSSR count). The molecular formula is C12H18IN3O. The maximum atomic E-state index is 11.6. The third kappa shape index (κ3) is 4.07. The minimum absolute atomic E-state index is 0.0435. The molecule has 0 spiro atoms. The summed E-state index contributed by atoms with van der Waals surface area (Å²) in [5.74, 6) is 0.0435. The van der Waals surface area contributed by atoms with E-state index in [2.05, 4.69) is 27.9 Å². The Kier molecular flexibility index (Phi) is 5.54. The first-order valence-electron chi connectivity index (χ1n) is 5.65. The molecule has 0 aliphatic rings. The van der Waals surface area contributed by atoms with Crippen LogP contribution in [0.2, 0.25) is 0 Å². The van der Waals surface area contributed by atoms with E-state index >= 15 is 0 Å². The number of hydrogen-bond donors (Lipinski definition) is 2. The lowest BCUT2D eigenvalue weighted by molar-refractivity contribution is -0.119. The van der Waals surface area contributed by atoms with Crippen LogP contribution < -0.4 is 16.0 Å². The highest BCUT2D eigenvalue weighted by Gasteiger charge is 2.12. The van der Waals surface area contributed by atoms with Crippen molar-refractivity contribution in [1.29, 1.82) is 0 Å². The zero-order chi connectivity index (χ0) is 12.8.